The van der Waals surface area contributed by atoms with Crippen molar-refractivity contribution in [1.82, 2.24) is 14.5 Å². The minimum Gasteiger partial charge on any atom is -0.339 e. The van der Waals surface area contributed by atoms with E-state index in [-0.39, 0.29) is 24.2 Å². The number of nitrogens with one attached hydrogen (secondary N) is 1. The van der Waals surface area contributed by atoms with Crippen molar-refractivity contribution < 1.29 is 13.2 Å². The molecule has 1 unspecified atom stereocenters. The molecule has 1 fully saturated rings. The Bertz CT molecular complexity index is 1100. The van der Waals surface area contributed by atoms with Gasteiger partial charge in [0.1, 0.15) is 0 Å². The average Bonchev–Trinajstić information content (AvgIpc) is 3.35. The number of carbonyl (C=O) groups excluding carboxylic acids is 1. The number of benzene rings is 2. The van der Waals surface area contributed by atoms with E-state index in [2.05, 4.69) is 23.5 Å². The molecule has 1 atom stereocenters. The molecule has 6 nitrogen and oxygen atoms in total. The lowest BCUT2D eigenvalue weighted by molar-refractivity contribution is -0.131. The molecule has 1 aliphatic heterocycles. The molecule has 2 heterocycles. The minimum absolute atomic E-state index is 0.0110. The van der Waals surface area contributed by atoms with E-state index in [4.69, 9.17) is 0 Å². The highest BCUT2D eigenvalue weighted by Crippen LogP contribution is 2.25. The Hall–Kier alpha value is -2.52. The summed E-state index contributed by atoms with van der Waals surface area (Å²) in [5.41, 5.74) is 1.88. The van der Waals surface area contributed by atoms with Crippen molar-refractivity contribution in [2.75, 3.05) is 32.7 Å². The predicted octanol–water partition coefficient (Wildman–Crippen LogP) is 3.10. The van der Waals surface area contributed by atoms with Gasteiger partial charge in [-0.2, -0.15) is 4.31 Å². The second-order valence-electron chi connectivity index (χ2n) is 7.76. The first kappa shape index (κ1) is 22.7. The van der Waals surface area contributed by atoms with Crippen molar-refractivity contribution in [2.24, 2.45) is 0 Å². The largest absolute Gasteiger partial charge is 0.339 e. The molecule has 3 aromatic rings. The van der Waals surface area contributed by atoms with E-state index in [0.29, 0.717) is 26.2 Å². The number of thiophene rings is 1. The average molecular weight is 470 g/mol. The van der Waals surface area contributed by atoms with E-state index in [0.717, 1.165) is 16.0 Å². The highest BCUT2D eigenvalue weighted by molar-refractivity contribution is 7.88. The summed E-state index contributed by atoms with van der Waals surface area (Å²) in [5, 5.41) is 5.43. The van der Waals surface area contributed by atoms with Gasteiger partial charge in [-0.05, 0) is 22.6 Å². The Kier molecular flexibility index (Phi) is 7.36. The van der Waals surface area contributed by atoms with Gasteiger partial charge in [0.15, 0.2) is 0 Å². The molecular weight excluding hydrogens is 442 g/mol. The molecular formula is C24H27N3O3S2. The number of piperazine rings is 1. The van der Waals surface area contributed by atoms with Crippen LogP contribution in [0.15, 0.2) is 78.2 Å². The number of amides is 1. The molecule has 8 heteroatoms. The van der Waals surface area contributed by atoms with Crippen molar-refractivity contribution >= 4 is 27.3 Å². The summed E-state index contributed by atoms with van der Waals surface area (Å²) in [6, 6.07) is 23.3. The molecule has 1 N–H and O–H groups in total. The van der Waals surface area contributed by atoms with Gasteiger partial charge in [-0.3, -0.25) is 10.1 Å². The lowest BCUT2D eigenvalue weighted by atomic mass is 10.1. The Balaban J connectivity index is 1.32. The van der Waals surface area contributed by atoms with Gasteiger partial charge >= 0.3 is 0 Å². The predicted molar refractivity (Wildman–Crippen MR) is 128 cm³/mol. The molecule has 0 aliphatic carbocycles. The van der Waals surface area contributed by atoms with Crippen LogP contribution in [0.4, 0.5) is 0 Å². The molecule has 168 valence electrons. The molecule has 1 aliphatic rings. The van der Waals surface area contributed by atoms with Crippen molar-refractivity contribution in [3.63, 3.8) is 0 Å². The van der Waals surface area contributed by atoms with E-state index in [1.165, 1.54) is 4.31 Å². The summed E-state index contributed by atoms with van der Waals surface area (Å²) in [7, 11) is -3.40. The fraction of sp³-hybridized carbons (Fsp3) is 0.292. The van der Waals surface area contributed by atoms with E-state index in [1.807, 2.05) is 60.0 Å². The molecule has 1 amide bonds. The fourth-order valence-corrected chi connectivity index (χ4v) is 6.22. The zero-order valence-electron chi connectivity index (χ0n) is 17.8. The van der Waals surface area contributed by atoms with Crippen LogP contribution in [0.1, 0.15) is 22.0 Å². The van der Waals surface area contributed by atoms with Gasteiger partial charge in [0.05, 0.1) is 18.3 Å². The lowest BCUT2D eigenvalue weighted by Gasteiger charge is -2.34. The zero-order chi connectivity index (χ0) is 22.4. The second kappa shape index (κ2) is 10.4. The Labute approximate surface area is 193 Å². The van der Waals surface area contributed by atoms with E-state index >= 15 is 0 Å². The number of nitrogens with zero attached hydrogens (tertiary/aromatic N) is 2. The van der Waals surface area contributed by atoms with Crippen molar-refractivity contribution in [1.29, 1.82) is 0 Å². The van der Waals surface area contributed by atoms with Gasteiger partial charge < -0.3 is 4.90 Å². The maximum atomic E-state index is 12.8. The van der Waals surface area contributed by atoms with Gasteiger partial charge in [-0.1, -0.05) is 66.7 Å². The van der Waals surface area contributed by atoms with Gasteiger partial charge in [-0.25, -0.2) is 8.42 Å². The zero-order valence-corrected chi connectivity index (χ0v) is 19.4. The van der Waals surface area contributed by atoms with Crippen LogP contribution in [0.5, 0.6) is 0 Å². The van der Waals surface area contributed by atoms with Gasteiger partial charge in [0.2, 0.25) is 15.9 Å². The van der Waals surface area contributed by atoms with Crippen LogP contribution in [0, 0.1) is 0 Å². The van der Waals surface area contributed by atoms with Crippen LogP contribution in [-0.4, -0.2) is 56.3 Å². The third-order valence-corrected chi connectivity index (χ3v) is 8.38. The van der Waals surface area contributed by atoms with Crippen molar-refractivity contribution in [2.45, 2.75) is 11.8 Å². The second-order valence-corrected chi connectivity index (χ2v) is 10.7. The summed E-state index contributed by atoms with van der Waals surface area (Å²) in [6.07, 6.45) is 0. The molecule has 0 spiro atoms. The summed E-state index contributed by atoms with van der Waals surface area (Å²) < 4.78 is 27.0. The number of sulfonamides is 1. The van der Waals surface area contributed by atoms with E-state index in [1.54, 1.807) is 16.2 Å². The summed E-state index contributed by atoms with van der Waals surface area (Å²) >= 11 is 1.66. The maximum Gasteiger partial charge on any atom is 0.236 e. The summed E-state index contributed by atoms with van der Waals surface area (Å²) in [5.74, 6) is -0.0225. The third-order valence-electron chi connectivity index (χ3n) is 5.59. The van der Waals surface area contributed by atoms with Crippen LogP contribution in [0.25, 0.3) is 0 Å². The lowest BCUT2D eigenvalue weighted by Crippen LogP contribution is -2.52. The van der Waals surface area contributed by atoms with E-state index < -0.39 is 10.0 Å². The molecule has 1 aromatic heterocycles. The fourth-order valence-electron chi connectivity index (χ4n) is 3.88. The quantitative estimate of drug-likeness (QED) is 0.550. The SMILES string of the molecule is O=C(CNC(c1ccccc1)c1cccs1)N1CCN(S(=O)(=O)Cc2ccccc2)CC1. The molecule has 4 rings (SSSR count). The monoisotopic (exact) mass is 469 g/mol. The number of hydrogen-bond acceptors (Lipinski definition) is 5. The van der Waals surface area contributed by atoms with Gasteiger partial charge in [0.25, 0.3) is 0 Å². The summed E-state index contributed by atoms with van der Waals surface area (Å²) in [6.45, 7) is 1.67. The Morgan fingerprint density at radius 3 is 2.19 bits per heavy atom. The first-order valence-corrected chi connectivity index (χ1v) is 13.1. The van der Waals surface area contributed by atoms with Gasteiger partial charge in [0, 0.05) is 31.1 Å². The van der Waals surface area contributed by atoms with Gasteiger partial charge in [-0.15, -0.1) is 11.3 Å². The smallest absolute Gasteiger partial charge is 0.236 e. The molecule has 2 aromatic carbocycles. The first-order chi connectivity index (χ1) is 15.5. The van der Waals surface area contributed by atoms with Crippen molar-refractivity contribution in [3.8, 4) is 0 Å². The third kappa shape index (κ3) is 5.63. The minimum atomic E-state index is -3.40. The molecule has 1 saturated heterocycles. The standard InChI is InChI=1S/C24H27N3O3S2/c28-23(18-25-24(22-12-7-17-31-22)21-10-5-2-6-11-21)26-13-15-27(16-14-26)32(29,30)19-20-8-3-1-4-9-20/h1-12,17,24-25H,13-16,18-19H2. The molecule has 0 saturated carbocycles. The number of carbonyl (C=O) groups is 1. The van der Waals surface area contributed by atoms with Crippen molar-refractivity contribution in [3.05, 3.63) is 94.2 Å². The normalized spacial score (nSPS) is 16.1. The van der Waals surface area contributed by atoms with Crippen LogP contribution < -0.4 is 5.32 Å². The maximum absolute atomic E-state index is 12.8. The van der Waals surface area contributed by atoms with Crippen LogP contribution >= 0.6 is 11.3 Å². The topological polar surface area (TPSA) is 69.7 Å². The summed E-state index contributed by atoms with van der Waals surface area (Å²) in [4.78, 5) is 15.8. The van der Waals surface area contributed by atoms with Crippen LogP contribution in [-0.2, 0) is 20.6 Å². The highest BCUT2D eigenvalue weighted by atomic mass is 32.2. The van der Waals surface area contributed by atoms with Crippen LogP contribution in [0.2, 0.25) is 0 Å². The number of hydrogen-bond donors (Lipinski definition) is 1. The number of rotatable bonds is 8. The molecule has 32 heavy (non-hydrogen) atoms. The Morgan fingerprint density at radius 1 is 0.906 bits per heavy atom. The van der Waals surface area contributed by atoms with E-state index in [9.17, 15) is 13.2 Å². The van der Waals surface area contributed by atoms with Crippen LogP contribution in [0.3, 0.4) is 0 Å². The molecule has 0 bridgehead atoms. The highest BCUT2D eigenvalue weighted by Gasteiger charge is 2.29. The Morgan fingerprint density at radius 2 is 1.56 bits per heavy atom. The molecule has 0 radical (unpaired) electrons. The first-order valence-electron chi connectivity index (χ1n) is 10.6.